The summed E-state index contributed by atoms with van der Waals surface area (Å²) in [5.74, 6) is 2.79. The SMILES string of the molecule is C[C@]12CC[C@H]3[C@@H](CCC4C[C@@H](OC(=O)c5ccccc5)CC[C@@]43C)[C@@H]1C[C@H](O)C2. The quantitative estimate of drug-likeness (QED) is 0.660. The van der Waals surface area contributed by atoms with Crippen LogP contribution in [0.3, 0.4) is 0 Å². The number of carbonyl (C=O) groups excluding carboxylic acids is 1. The second-order valence-corrected chi connectivity index (χ2v) is 11.1. The number of benzene rings is 1. The standard InChI is InChI=1S/C26H36O3/c1-25-12-11-22-21(23(25)15-19(27)16-25)9-8-18-14-20(10-13-26(18,22)2)29-24(28)17-6-4-3-5-7-17/h3-7,18-23,27H,8-16H2,1-2H3/t18?,19-,20-,21+,22-,23-,25+,26-/m0/s1. The molecule has 1 aromatic rings. The zero-order valence-corrected chi connectivity index (χ0v) is 18.0. The maximum Gasteiger partial charge on any atom is 0.338 e. The summed E-state index contributed by atoms with van der Waals surface area (Å²) in [5, 5.41) is 10.4. The fraction of sp³-hybridized carbons (Fsp3) is 0.731. The third-order valence-corrected chi connectivity index (χ3v) is 9.65. The lowest BCUT2D eigenvalue weighted by molar-refractivity contribution is -0.122. The Bertz CT molecular complexity index is 760. The molecule has 0 amide bonds. The Hall–Kier alpha value is -1.35. The van der Waals surface area contributed by atoms with Crippen LogP contribution < -0.4 is 0 Å². The summed E-state index contributed by atoms with van der Waals surface area (Å²) >= 11 is 0. The first-order valence-corrected chi connectivity index (χ1v) is 11.8. The van der Waals surface area contributed by atoms with Crippen molar-refractivity contribution in [2.24, 2.45) is 34.5 Å². The fourth-order valence-electron chi connectivity index (χ4n) is 8.14. The number of rotatable bonds is 2. The molecule has 0 radical (unpaired) electrons. The van der Waals surface area contributed by atoms with Crippen molar-refractivity contribution >= 4 is 5.97 Å². The van der Waals surface area contributed by atoms with Crippen molar-refractivity contribution in [1.29, 1.82) is 0 Å². The van der Waals surface area contributed by atoms with Gasteiger partial charge >= 0.3 is 5.97 Å². The summed E-state index contributed by atoms with van der Waals surface area (Å²) in [4.78, 5) is 12.5. The zero-order chi connectivity index (χ0) is 20.2. The Morgan fingerprint density at radius 3 is 2.59 bits per heavy atom. The highest BCUT2D eigenvalue weighted by Gasteiger charge is 2.59. The van der Waals surface area contributed by atoms with Gasteiger partial charge < -0.3 is 9.84 Å². The van der Waals surface area contributed by atoms with E-state index in [0.29, 0.717) is 28.2 Å². The molecule has 1 aromatic carbocycles. The summed E-state index contributed by atoms with van der Waals surface area (Å²) in [6.07, 6.45) is 10.4. The average Bonchev–Trinajstić information content (AvgIpc) is 3.03. The number of hydrogen-bond donors (Lipinski definition) is 1. The highest BCUT2D eigenvalue weighted by molar-refractivity contribution is 5.89. The first kappa shape index (κ1) is 19.6. The normalized spacial score (nSPS) is 46.3. The summed E-state index contributed by atoms with van der Waals surface area (Å²) < 4.78 is 5.93. The largest absolute Gasteiger partial charge is 0.459 e. The topological polar surface area (TPSA) is 46.5 Å². The molecule has 0 saturated heterocycles. The van der Waals surface area contributed by atoms with E-state index in [9.17, 15) is 9.90 Å². The van der Waals surface area contributed by atoms with E-state index >= 15 is 0 Å². The van der Waals surface area contributed by atoms with Gasteiger partial charge in [0.15, 0.2) is 0 Å². The van der Waals surface area contributed by atoms with E-state index in [1.165, 1.54) is 32.1 Å². The molecule has 0 aromatic heterocycles. The summed E-state index contributed by atoms with van der Waals surface area (Å²) in [6.45, 7) is 4.98. The van der Waals surface area contributed by atoms with E-state index in [2.05, 4.69) is 13.8 Å². The van der Waals surface area contributed by atoms with Gasteiger partial charge in [-0.3, -0.25) is 0 Å². The molecule has 158 valence electrons. The highest BCUT2D eigenvalue weighted by Crippen LogP contribution is 2.66. The van der Waals surface area contributed by atoms with Gasteiger partial charge in [-0.2, -0.15) is 0 Å². The number of esters is 1. The second-order valence-electron chi connectivity index (χ2n) is 11.1. The van der Waals surface area contributed by atoms with E-state index < -0.39 is 0 Å². The van der Waals surface area contributed by atoms with Crippen LogP contribution in [0, 0.1) is 34.5 Å². The predicted octanol–water partition coefficient (Wildman–Crippen LogP) is 5.62. The van der Waals surface area contributed by atoms with Crippen molar-refractivity contribution in [2.75, 3.05) is 0 Å². The highest BCUT2D eigenvalue weighted by atomic mass is 16.5. The van der Waals surface area contributed by atoms with Gasteiger partial charge in [0.25, 0.3) is 0 Å². The lowest BCUT2D eigenvalue weighted by Crippen LogP contribution is -2.53. The maximum absolute atomic E-state index is 12.5. The lowest BCUT2D eigenvalue weighted by atomic mass is 9.45. The van der Waals surface area contributed by atoms with E-state index in [1.54, 1.807) is 0 Å². The molecule has 3 nitrogen and oxygen atoms in total. The minimum atomic E-state index is -0.165. The molecule has 4 aliphatic carbocycles. The van der Waals surface area contributed by atoms with Crippen LogP contribution >= 0.6 is 0 Å². The molecule has 0 heterocycles. The number of aliphatic hydroxyl groups is 1. The summed E-state index contributed by atoms with van der Waals surface area (Å²) in [5.41, 5.74) is 1.41. The van der Waals surface area contributed by atoms with Crippen LogP contribution in [0.2, 0.25) is 0 Å². The Morgan fingerprint density at radius 2 is 1.79 bits per heavy atom. The molecule has 1 unspecified atom stereocenters. The van der Waals surface area contributed by atoms with Gasteiger partial charge in [-0.1, -0.05) is 32.0 Å². The van der Waals surface area contributed by atoms with E-state index in [0.717, 1.165) is 37.5 Å². The number of hydrogen-bond acceptors (Lipinski definition) is 3. The van der Waals surface area contributed by atoms with Crippen molar-refractivity contribution in [3.63, 3.8) is 0 Å². The van der Waals surface area contributed by atoms with Gasteiger partial charge in [-0.25, -0.2) is 4.79 Å². The molecule has 1 N–H and O–H groups in total. The van der Waals surface area contributed by atoms with Crippen LogP contribution in [0.4, 0.5) is 0 Å². The second kappa shape index (κ2) is 7.11. The van der Waals surface area contributed by atoms with Crippen molar-refractivity contribution in [1.82, 2.24) is 0 Å². The first-order chi connectivity index (χ1) is 13.9. The van der Waals surface area contributed by atoms with E-state index in [-0.39, 0.29) is 18.2 Å². The lowest BCUT2D eigenvalue weighted by Gasteiger charge is -2.60. The van der Waals surface area contributed by atoms with Crippen LogP contribution in [0.1, 0.15) is 82.0 Å². The number of carbonyl (C=O) groups is 1. The van der Waals surface area contributed by atoms with Gasteiger partial charge in [0, 0.05) is 0 Å². The third kappa shape index (κ3) is 3.24. The number of aliphatic hydroxyl groups excluding tert-OH is 1. The minimum Gasteiger partial charge on any atom is -0.459 e. The van der Waals surface area contributed by atoms with Crippen LogP contribution in [-0.4, -0.2) is 23.3 Å². The molecule has 4 saturated carbocycles. The van der Waals surface area contributed by atoms with E-state index in [4.69, 9.17) is 4.74 Å². The third-order valence-electron chi connectivity index (χ3n) is 9.65. The van der Waals surface area contributed by atoms with Crippen molar-refractivity contribution in [3.8, 4) is 0 Å². The molecule has 0 aliphatic heterocycles. The Morgan fingerprint density at radius 1 is 1.00 bits per heavy atom. The molecule has 3 heteroatoms. The average molecular weight is 397 g/mol. The van der Waals surface area contributed by atoms with Crippen LogP contribution in [0.25, 0.3) is 0 Å². The Kier molecular flexibility index (Phi) is 4.81. The van der Waals surface area contributed by atoms with Gasteiger partial charge in [-0.05, 0) is 104 Å². The Balaban J connectivity index is 1.28. The zero-order valence-electron chi connectivity index (χ0n) is 18.0. The monoisotopic (exact) mass is 396 g/mol. The molecule has 8 atom stereocenters. The van der Waals surface area contributed by atoms with Gasteiger partial charge in [-0.15, -0.1) is 0 Å². The number of ether oxygens (including phenoxy) is 1. The molecule has 0 spiro atoms. The summed E-state index contributed by atoms with van der Waals surface area (Å²) in [6, 6.07) is 9.41. The van der Waals surface area contributed by atoms with Crippen LogP contribution in [-0.2, 0) is 4.74 Å². The molecular formula is C26H36O3. The predicted molar refractivity (Wildman–Crippen MR) is 113 cm³/mol. The van der Waals surface area contributed by atoms with Crippen LogP contribution in [0.5, 0.6) is 0 Å². The number of fused-ring (bicyclic) bond motifs is 5. The van der Waals surface area contributed by atoms with E-state index in [1.807, 2.05) is 30.3 Å². The Labute approximate surface area is 175 Å². The van der Waals surface area contributed by atoms with Gasteiger partial charge in [0.1, 0.15) is 6.10 Å². The van der Waals surface area contributed by atoms with Crippen molar-refractivity contribution in [3.05, 3.63) is 35.9 Å². The molecular weight excluding hydrogens is 360 g/mol. The molecule has 4 fully saturated rings. The van der Waals surface area contributed by atoms with Gasteiger partial charge in [0.05, 0.1) is 11.7 Å². The summed E-state index contributed by atoms with van der Waals surface area (Å²) in [7, 11) is 0. The molecule has 0 bridgehead atoms. The van der Waals surface area contributed by atoms with Crippen LogP contribution in [0.15, 0.2) is 30.3 Å². The first-order valence-electron chi connectivity index (χ1n) is 11.8. The maximum atomic E-state index is 12.5. The fourth-order valence-corrected chi connectivity index (χ4v) is 8.14. The molecule has 4 aliphatic rings. The van der Waals surface area contributed by atoms with Crippen molar-refractivity contribution < 1.29 is 14.6 Å². The molecule has 29 heavy (non-hydrogen) atoms. The van der Waals surface area contributed by atoms with Crippen molar-refractivity contribution in [2.45, 2.75) is 83.8 Å². The minimum absolute atomic E-state index is 0.0690. The smallest absolute Gasteiger partial charge is 0.338 e. The van der Waals surface area contributed by atoms with Gasteiger partial charge in [0.2, 0.25) is 0 Å². The molecule has 5 rings (SSSR count).